The fraction of sp³-hybridized carbons (Fsp3) is 0. The van der Waals surface area contributed by atoms with Gasteiger partial charge in [-0.25, -0.2) is 13.6 Å². The second kappa shape index (κ2) is 3.54. The largest absolute Gasteiger partial charge is 0.768 e. The van der Waals surface area contributed by atoms with Gasteiger partial charge in [-0.1, -0.05) is 0 Å². The molecule has 0 fully saturated rings. The van der Waals surface area contributed by atoms with Gasteiger partial charge in [-0.2, -0.15) is 0 Å². The molecular formula is C6H6NO4S2-. The summed E-state index contributed by atoms with van der Waals surface area (Å²) in [7, 11) is -3.75. The summed E-state index contributed by atoms with van der Waals surface area (Å²) in [6.07, 6.45) is 0. The molecule has 0 spiro atoms. The lowest BCUT2D eigenvalue weighted by molar-refractivity contribution is 0.537. The van der Waals surface area contributed by atoms with E-state index in [1.807, 2.05) is 0 Å². The van der Waals surface area contributed by atoms with Crippen molar-refractivity contribution in [2.24, 2.45) is 5.14 Å². The van der Waals surface area contributed by atoms with E-state index in [9.17, 15) is 17.2 Å². The normalized spacial score (nSPS) is 14.0. The Morgan fingerprint density at radius 2 is 1.69 bits per heavy atom. The molecule has 0 amide bonds. The minimum Gasteiger partial charge on any atom is -0.768 e. The first-order chi connectivity index (χ1) is 5.91. The number of sulfonamides is 1. The maximum atomic E-state index is 10.7. The second-order valence-electron chi connectivity index (χ2n) is 2.25. The Morgan fingerprint density at radius 1 is 1.23 bits per heavy atom. The van der Waals surface area contributed by atoms with Gasteiger partial charge in [-0.05, 0) is 35.3 Å². The van der Waals surface area contributed by atoms with Crippen molar-refractivity contribution in [3.05, 3.63) is 24.3 Å². The van der Waals surface area contributed by atoms with E-state index < -0.39 is 21.1 Å². The number of hydrogen-bond acceptors (Lipinski definition) is 4. The van der Waals surface area contributed by atoms with Crippen LogP contribution in [0.15, 0.2) is 34.1 Å². The standard InChI is InChI=1S/C6H7NO4S2/c7-13(10,11)6-3-1-5(2-4-6)12(8)9/h1-4H,(H,8,9)(H2,7,10,11)/p-1. The van der Waals surface area contributed by atoms with Crippen LogP contribution in [-0.2, 0) is 21.1 Å². The van der Waals surface area contributed by atoms with Gasteiger partial charge in [0.25, 0.3) is 0 Å². The summed E-state index contributed by atoms with van der Waals surface area (Å²) >= 11 is -2.35. The minimum absolute atomic E-state index is 0.0207. The highest BCUT2D eigenvalue weighted by Gasteiger charge is 2.06. The van der Waals surface area contributed by atoms with Crippen molar-refractivity contribution in [1.29, 1.82) is 0 Å². The van der Waals surface area contributed by atoms with Gasteiger partial charge in [-0.15, -0.1) is 0 Å². The van der Waals surface area contributed by atoms with Crippen molar-refractivity contribution in [2.75, 3.05) is 0 Å². The van der Waals surface area contributed by atoms with Crippen molar-refractivity contribution >= 4 is 21.1 Å². The molecule has 1 rings (SSSR count). The SMILES string of the molecule is NS(=O)(=O)c1ccc(S(=O)[O-])cc1. The predicted octanol–water partition coefficient (Wildman–Crippen LogP) is -0.428. The fourth-order valence-electron chi connectivity index (χ4n) is 0.740. The van der Waals surface area contributed by atoms with Crippen molar-refractivity contribution in [1.82, 2.24) is 0 Å². The molecule has 13 heavy (non-hydrogen) atoms. The molecule has 0 saturated heterocycles. The molecule has 0 aliphatic carbocycles. The van der Waals surface area contributed by atoms with Crippen LogP contribution in [0.25, 0.3) is 0 Å². The van der Waals surface area contributed by atoms with E-state index in [0.717, 1.165) is 12.1 Å². The molecule has 0 saturated carbocycles. The van der Waals surface area contributed by atoms with Gasteiger partial charge in [0.15, 0.2) is 0 Å². The van der Waals surface area contributed by atoms with E-state index >= 15 is 0 Å². The molecule has 1 unspecified atom stereocenters. The first-order valence-electron chi connectivity index (χ1n) is 3.13. The molecule has 0 aliphatic rings. The zero-order chi connectivity index (χ0) is 10.1. The monoisotopic (exact) mass is 220 g/mol. The zero-order valence-corrected chi connectivity index (χ0v) is 7.97. The number of primary sulfonamides is 1. The predicted molar refractivity (Wildman–Crippen MR) is 45.0 cm³/mol. The van der Waals surface area contributed by atoms with E-state index in [2.05, 4.69) is 0 Å². The zero-order valence-electron chi connectivity index (χ0n) is 6.34. The van der Waals surface area contributed by atoms with Crippen LogP contribution in [0.4, 0.5) is 0 Å². The van der Waals surface area contributed by atoms with Crippen LogP contribution in [0, 0.1) is 0 Å². The first kappa shape index (κ1) is 10.3. The Bertz CT molecular complexity index is 422. The van der Waals surface area contributed by atoms with Gasteiger partial charge in [-0.3, -0.25) is 4.21 Å². The number of hydrogen-bond donors (Lipinski definition) is 1. The van der Waals surface area contributed by atoms with Crippen molar-refractivity contribution in [2.45, 2.75) is 9.79 Å². The maximum absolute atomic E-state index is 10.7. The molecule has 1 aromatic carbocycles. The molecule has 1 atom stereocenters. The lowest BCUT2D eigenvalue weighted by Crippen LogP contribution is -2.11. The van der Waals surface area contributed by atoms with Crippen LogP contribution < -0.4 is 5.14 Å². The average molecular weight is 220 g/mol. The van der Waals surface area contributed by atoms with E-state index in [-0.39, 0.29) is 9.79 Å². The third-order valence-electron chi connectivity index (χ3n) is 1.34. The summed E-state index contributed by atoms with van der Waals surface area (Å²) in [5.74, 6) is 0. The summed E-state index contributed by atoms with van der Waals surface area (Å²) in [5, 5.41) is 4.80. The minimum atomic E-state index is -3.75. The molecule has 5 nitrogen and oxygen atoms in total. The molecule has 7 heteroatoms. The number of benzene rings is 1. The highest BCUT2D eigenvalue weighted by molar-refractivity contribution is 7.89. The Kier molecular flexibility index (Phi) is 2.81. The third kappa shape index (κ3) is 2.59. The molecule has 0 heterocycles. The van der Waals surface area contributed by atoms with Crippen LogP contribution in [0.5, 0.6) is 0 Å². The van der Waals surface area contributed by atoms with Crippen LogP contribution in [0.1, 0.15) is 0 Å². The molecule has 0 radical (unpaired) electrons. The van der Waals surface area contributed by atoms with E-state index in [1.165, 1.54) is 12.1 Å². The van der Waals surface area contributed by atoms with E-state index in [0.29, 0.717) is 0 Å². The number of nitrogens with two attached hydrogens (primary N) is 1. The van der Waals surface area contributed by atoms with Crippen molar-refractivity contribution in [3.63, 3.8) is 0 Å². The molecule has 0 aliphatic heterocycles. The summed E-state index contributed by atoms with van der Waals surface area (Å²) in [6.45, 7) is 0. The lowest BCUT2D eigenvalue weighted by atomic mass is 10.4. The Balaban J connectivity index is 3.16. The molecule has 0 aromatic heterocycles. The Labute approximate surface area is 77.9 Å². The molecule has 2 N–H and O–H groups in total. The smallest absolute Gasteiger partial charge is 0.238 e. The third-order valence-corrected chi connectivity index (χ3v) is 2.93. The summed E-state index contributed by atoms with van der Waals surface area (Å²) in [5.41, 5.74) is 0. The van der Waals surface area contributed by atoms with Crippen LogP contribution in [0.3, 0.4) is 0 Å². The topological polar surface area (TPSA) is 100 Å². The average Bonchev–Trinajstić information content (AvgIpc) is 2.03. The summed E-state index contributed by atoms with van der Waals surface area (Å²) in [6, 6.07) is 4.62. The highest BCUT2D eigenvalue weighted by atomic mass is 32.2. The lowest BCUT2D eigenvalue weighted by Gasteiger charge is -2.04. The van der Waals surface area contributed by atoms with Gasteiger partial charge >= 0.3 is 0 Å². The van der Waals surface area contributed by atoms with Gasteiger partial charge in [0.2, 0.25) is 10.0 Å². The number of rotatable bonds is 2. The van der Waals surface area contributed by atoms with Gasteiger partial charge in [0.05, 0.1) is 4.90 Å². The maximum Gasteiger partial charge on any atom is 0.238 e. The van der Waals surface area contributed by atoms with Crippen LogP contribution in [-0.4, -0.2) is 17.2 Å². The summed E-state index contributed by atoms with van der Waals surface area (Å²) < 4.78 is 42.2. The fourth-order valence-corrected chi connectivity index (χ4v) is 1.61. The van der Waals surface area contributed by atoms with E-state index in [1.54, 1.807) is 0 Å². The van der Waals surface area contributed by atoms with E-state index in [4.69, 9.17) is 5.14 Å². The van der Waals surface area contributed by atoms with Gasteiger partial charge in [0.1, 0.15) is 0 Å². The first-order valence-corrected chi connectivity index (χ1v) is 5.75. The van der Waals surface area contributed by atoms with Crippen molar-refractivity contribution in [3.8, 4) is 0 Å². The molecule has 72 valence electrons. The van der Waals surface area contributed by atoms with Crippen molar-refractivity contribution < 1.29 is 17.2 Å². The molecular weight excluding hydrogens is 214 g/mol. The Hall–Kier alpha value is -0.760. The Morgan fingerprint density at radius 3 is 2.00 bits per heavy atom. The molecule has 1 aromatic rings. The highest BCUT2D eigenvalue weighted by Crippen LogP contribution is 2.10. The summed E-state index contributed by atoms with van der Waals surface area (Å²) in [4.78, 5) is -0.0888. The van der Waals surface area contributed by atoms with Crippen LogP contribution in [0.2, 0.25) is 0 Å². The van der Waals surface area contributed by atoms with Gasteiger partial charge in [0, 0.05) is 4.90 Å². The van der Waals surface area contributed by atoms with Gasteiger partial charge < -0.3 is 4.55 Å². The molecule has 0 bridgehead atoms. The second-order valence-corrected chi connectivity index (χ2v) is 4.75. The van der Waals surface area contributed by atoms with Crippen LogP contribution >= 0.6 is 0 Å². The quantitative estimate of drug-likeness (QED) is 0.683.